The smallest absolute Gasteiger partial charge is 0.359 e. The summed E-state index contributed by atoms with van der Waals surface area (Å²) < 4.78 is 7.41. The minimum atomic E-state index is -0.596. The summed E-state index contributed by atoms with van der Waals surface area (Å²) in [6.07, 6.45) is 3.36. The van der Waals surface area contributed by atoms with Gasteiger partial charge in [0.2, 0.25) is 0 Å². The SMILES string of the molecule is CC(C)(C)OC(=O)c1ncn2c1[C@@H]1CCCN1C(=O)c1ccccc1-2. The Morgan fingerprint density at radius 1 is 1.28 bits per heavy atom. The number of esters is 1. The summed E-state index contributed by atoms with van der Waals surface area (Å²) in [5.74, 6) is -0.433. The molecule has 6 heteroatoms. The van der Waals surface area contributed by atoms with Crippen molar-refractivity contribution in [3.8, 4) is 5.69 Å². The second-order valence-electron chi connectivity index (χ2n) is 7.52. The molecule has 0 bridgehead atoms. The Morgan fingerprint density at radius 3 is 2.80 bits per heavy atom. The molecule has 0 saturated carbocycles. The molecule has 0 N–H and O–H groups in total. The van der Waals surface area contributed by atoms with E-state index in [1.807, 2.05) is 54.5 Å². The van der Waals surface area contributed by atoms with E-state index >= 15 is 0 Å². The average molecular weight is 339 g/mol. The summed E-state index contributed by atoms with van der Waals surface area (Å²) in [7, 11) is 0. The number of rotatable bonds is 1. The van der Waals surface area contributed by atoms with E-state index in [2.05, 4.69) is 4.98 Å². The molecule has 130 valence electrons. The number of fused-ring (bicyclic) bond motifs is 5. The molecule has 1 fully saturated rings. The van der Waals surface area contributed by atoms with Gasteiger partial charge in [0.1, 0.15) is 11.9 Å². The van der Waals surface area contributed by atoms with Crippen molar-refractivity contribution in [3.05, 3.63) is 47.5 Å². The number of hydrogen-bond acceptors (Lipinski definition) is 4. The third-order valence-electron chi connectivity index (χ3n) is 4.62. The van der Waals surface area contributed by atoms with E-state index in [4.69, 9.17) is 4.74 Å². The average Bonchev–Trinajstić information content (AvgIpc) is 3.17. The predicted molar refractivity (Wildman–Crippen MR) is 91.7 cm³/mol. The zero-order valence-corrected chi connectivity index (χ0v) is 14.7. The Bertz CT molecular complexity index is 863. The first-order chi connectivity index (χ1) is 11.9. The van der Waals surface area contributed by atoms with E-state index in [9.17, 15) is 9.59 Å². The van der Waals surface area contributed by atoms with Crippen LogP contribution in [-0.2, 0) is 4.74 Å². The first-order valence-corrected chi connectivity index (χ1v) is 8.58. The Balaban J connectivity index is 1.90. The Kier molecular flexibility index (Phi) is 3.45. The van der Waals surface area contributed by atoms with E-state index in [0.29, 0.717) is 17.8 Å². The van der Waals surface area contributed by atoms with Crippen LogP contribution < -0.4 is 0 Å². The first kappa shape index (κ1) is 15.9. The lowest BCUT2D eigenvalue weighted by Gasteiger charge is -2.24. The predicted octanol–water partition coefficient (Wildman–Crippen LogP) is 3.12. The van der Waals surface area contributed by atoms with Gasteiger partial charge in [-0.1, -0.05) is 12.1 Å². The number of para-hydroxylation sites is 1. The van der Waals surface area contributed by atoms with Crippen LogP contribution in [0.4, 0.5) is 0 Å². The number of carbonyl (C=O) groups is 2. The lowest BCUT2D eigenvalue weighted by Crippen LogP contribution is -2.31. The lowest BCUT2D eigenvalue weighted by atomic mass is 10.1. The normalized spacial score (nSPS) is 19.1. The van der Waals surface area contributed by atoms with Gasteiger partial charge in [0.05, 0.1) is 23.0 Å². The van der Waals surface area contributed by atoms with Crippen molar-refractivity contribution in [3.63, 3.8) is 0 Å². The monoisotopic (exact) mass is 339 g/mol. The van der Waals surface area contributed by atoms with Crippen molar-refractivity contribution in [2.24, 2.45) is 0 Å². The molecular formula is C19H21N3O3. The molecule has 0 aliphatic carbocycles. The maximum atomic E-state index is 13.0. The molecular weight excluding hydrogens is 318 g/mol. The summed E-state index contributed by atoms with van der Waals surface area (Å²) in [5, 5.41) is 0. The largest absolute Gasteiger partial charge is 0.455 e. The van der Waals surface area contributed by atoms with Gasteiger partial charge in [0.15, 0.2) is 5.69 Å². The minimum Gasteiger partial charge on any atom is -0.455 e. The number of benzene rings is 1. The summed E-state index contributed by atoms with van der Waals surface area (Å²) in [6, 6.07) is 7.32. The molecule has 6 nitrogen and oxygen atoms in total. The number of nitrogens with zero attached hydrogens (tertiary/aromatic N) is 3. The quantitative estimate of drug-likeness (QED) is 0.749. The zero-order chi connectivity index (χ0) is 17.8. The minimum absolute atomic E-state index is 0.0111. The fourth-order valence-electron chi connectivity index (χ4n) is 3.67. The van der Waals surface area contributed by atoms with Crippen LogP contribution in [0, 0.1) is 0 Å². The van der Waals surface area contributed by atoms with Gasteiger partial charge in [-0.05, 0) is 45.7 Å². The van der Waals surface area contributed by atoms with E-state index in [-0.39, 0.29) is 11.9 Å². The molecule has 2 aromatic rings. The third-order valence-corrected chi connectivity index (χ3v) is 4.62. The Morgan fingerprint density at radius 2 is 2.04 bits per heavy atom. The fraction of sp³-hybridized carbons (Fsp3) is 0.421. The molecule has 2 aliphatic heterocycles. The molecule has 4 rings (SSSR count). The molecule has 0 unspecified atom stereocenters. The summed E-state index contributed by atoms with van der Waals surface area (Å²) >= 11 is 0. The van der Waals surface area contributed by atoms with Gasteiger partial charge in [-0.2, -0.15) is 0 Å². The van der Waals surface area contributed by atoms with E-state index in [1.165, 1.54) is 0 Å². The topological polar surface area (TPSA) is 64.4 Å². The van der Waals surface area contributed by atoms with Gasteiger partial charge < -0.3 is 9.64 Å². The van der Waals surface area contributed by atoms with Crippen LogP contribution in [0.25, 0.3) is 5.69 Å². The molecule has 1 amide bonds. The van der Waals surface area contributed by atoms with Crippen LogP contribution in [0.5, 0.6) is 0 Å². The van der Waals surface area contributed by atoms with Crippen LogP contribution in [0.3, 0.4) is 0 Å². The van der Waals surface area contributed by atoms with Crippen molar-refractivity contribution in [2.45, 2.75) is 45.3 Å². The van der Waals surface area contributed by atoms with E-state index in [0.717, 1.165) is 24.2 Å². The van der Waals surface area contributed by atoms with Gasteiger partial charge >= 0.3 is 5.97 Å². The Hall–Kier alpha value is -2.63. The van der Waals surface area contributed by atoms with E-state index < -0.39 is 11.6 Å². The van der Waals surface area contributed by atoms with Gasteiger partial charge in [0, 0.05) is 6.54 Å². The van der Waals surface area contributed by atoms with Gasteiger partial charge in [-0.15, -0.1) is 0 Å². The first-order valence-electron chi connectivity index (χ1n) is 8.58. The van der Waals surface area contributed by atoms with Gasteiger partial charge in [-0.25, -0.2) is 9.78 Å². The number of ether oxygens (including phenoxy) is 1. The maximum Gasteiger partial charge on any atom is 0.359 e. The molecule has 1 atom stereocenters. The van der Waals surface area contributed by atoms with Crippen LogP contribution in [0.1, 0.15) is 66.2 Å². The maximum absolute atomic E-state index is 13.0. The van der Waals surface area contributed by atoms with Crippen molar-refractivity contribution < 1.29 is 14.3 Å². The highest BCUT2D eigenvalue weighted by Crippen LogP contribution is 2.39. The summed E-state index contributed by atoms with van der Waals surface area (Å²) in [5.41, 5.74) is 1.86. The highest BCUT2D eigenvalue weighted by molar-refractivity contribution is 5.99. The van der Waals surface area contributed by atoms with Crippen molar-refractivity contribution in [1.82, 2.24) is 14.5 Å². The molecule has 1 aromatic carbocycles. The molecule has 25 heavy (non-hydrogen) atoms. The zero-order valence-electron chi connectivity index (χ0n) is 14.7. The summed E-state index contributed by atoms with van der Waals surface area (Å²) in [6.45, 7) is 6.19. The number of amides is 1. The van der Waals surface area contributed by atoms with Crippen LogP contribution in [0.15, 0.2) is 30.6 Å². The molecule has 0 spiro atoms. The standard InChI is InChI=1S/C19H21N3O3/c1-19(2,3)25-18(24)15-16-14-9-6-10-21(14)17(23)12-7-4-5-8-13(12)22(16)11-20-15/h4-5,7-8,11,14H,6,9-10H2,1-3H3/t14-/m0/s1. The Labute approximate surface area is 146 Å². The molecule has 2 aliphatic rings. The molecule has 1 saturated heterocycles. The van der Waals surface area contributed by atoms with Crippen LogP contribution in [-0.4, -0.2) is 38.5 Å². The second-order valence-corrected chi connectivity index (χ2v) is 7.52. The molecule has 1 aromatic heterocycles. The number of hydrogen-bond donors (Lipinski definition) is 0. The molecule has 0 radical (unpaired) electrons. The number of aromatic nitrogens is 2. The van der Waals surface area contributed by atoms with Crippen LogP contribution >= 0.6 is 0 Å². The second kappa shape index (κ2) is 5.44. The van der Waals surface area contributed by atoms with Crippen molar-refractivity contribution in [1.29, 1.82) is 0 Å². The third kappa shape index (κ3) is 2.52. The van der Waals surface area contributed by atoms with Crippen molar-refractivity contribution in [2.75, 3.05) is 6.54 Å². The van der Waals surface area contributed by atoms with Gasteiger partial charge in [-0.3, -0.25) is 9.36 Å². The molecule has 3 heterocycles. The lowest BCUT2D eigenvalue weighted by molar-refractivity contribution is 0.00596. The highest BCUT2D eigenvalue weighted by atomic mass is 16.6. The van der Waals surface area contributed by atoms with Gasteiger partial charge in [0.25, 0.3) is 5.91 Å². The van der Waals surface area contributed by atoms with Crippen molar-refractivity contribution >= 4 is 11.9 Å². The number of carbonyl (C=O) groups excluding carboxylic acids is 2. The van der Waals surface area contributed by atoms with E-state index in [1.54, 1.807) is 6.33 Å². The summed E-state index contributed by atoms with van der Waals surface area (Å²) in [4.78, 5) is 31.9. The highest BCUT2D eigenvalue weighted by Gasteiger charge is 2.40. The number of imidazole rings is 1. The van der Waals surface area contributed by atoms with Crippen LogP contribution in [0.2, 0.25) is 0 Å². The fourth-order valence-corrected chi connectivity index (χ4v) is 3.67.